The topological polar surface area (TPSA) is 29.3 Å². The van der Waals surface area contributed by atoms with Crippen LogP contribution in [0, 0.1) is 11.7 Å². The Balaban J connectivity index is 2.01. The van der Waals surface area contributed by atoms with Gasteiger partial charge in [0.1, 0.15) is 5.82 Å². The van der Waals surface area contributed by atoms with Gasteiger partial charge in [0.05, 0.1) is 5.54 Å². The standard InChI is InChI=1S/C15H21FN2/c1-2-15(10-17,12-4-5-12)18-8-7-11-3-6-13(16)9-14(11)18/h3,6,9,12H,2,4-5,7-8,10,17H2,1H3. The fraction of sp³-hybridized carbons (Fsp3) is 0.600. The zero-order valence-electron chi connectivity index (χ0n) is 11.0. The van der Waals surface area contributed by atoms with Gasteiger partial charge in [0, 0.05) is 18.8 Å². The third-order valence-electron chi connectivity index (χ3n) is 4.78. The average molecular weight is 248 g/mol. The Kier molecular flexibility index (Phi) is 2.81. The molecular formula is C15H21FN2. The van der Waals surface area contributed by atoms with Crippen LogP contribution in [-0.2, 0) is 6.42 Å². The van der Waals surface area contributed by atoms with Gasteiger partial charge in [-0.3, -0.25) is 0 Å². The summed E-state index contributed by atoms with van der Waals surface area (Å²) in [5.41, 5.74) is 8.50. The van der Waals surface area contributed by atoms with E-state index in [4.69, 9.17) is 5.73 Å². The Bertz CT molecular complexity index is 450. The lowest BCUT2D eigenvalue weighted by atomic mass is 9.87. The first-order valence-corrected chi connectivity index (χ1v) is 6.97. The number of hydrogen-bond donors (Lipinski definition) is 1. The maximum absolute atomic E-state index is 13.5. The van der Waals surface area contributed by atoms with E-state index in [1.165, 1.54) is 18.4 Å². The van der Waals surface area contributed by atoms with Gasteiger partial charge < -0.3 is 10.6 Å². The minimum atomic E-state index is -0.140. The SMILES string of the molecule is CCC(CN)(C1CC1)N1CCc2ccc(F)cc21. The summed E-state index contributed by atoms with van der Waals surface area (Å²) < 4.78 is 13.5. The minimum Gasteiger partial charge on any atom is -0.364 e. The first kappa shape index (κ1) is 12.0. The summed E-state index contributed by atoms with van der Waals surface area (Å²) in [4.78, 5) is 2.39. The Hall–Kier alpha value is -1.09. The number of nitrogens with two attached hydrogens (primary N) is 1. The molecule has 1 aliphatic carbocycles. The van der Waals surface area contributed by atoms with Crippen LogP contribution in [0.3, 0.4) is 0 Å². The molecule has 98 valence electrons. The fourth-order valence-corrected chi connectivity index (χ4v) is 3.56. The predicted molar refractivity (Wildman–Crippen MR) is 72.3 cm³/mol. The highest BCUT2D eigenvalue weighted by Gasteiger charge is 2.48. The number of benzene rings is 1. The molecule has 0 spiro atoms. The van der Waals surface area contributed by atoms with Gasteiger partial charge >= 0.3 is 0 Å². The molecule has 2 aliphatic rings. The molecule has 3 rings (SSSR count). The molecule has 2 nitrogen and oxygen atoms in total. The molecule has 1 aliphatic heterocycles. The van der Waals surface area contributed by atoms with Crippen molar-refractivity contribution in [1.29, 1.82) is 0 Å². The zero-order chi connectivity index (χ0) is 12.8. The van der Waals surface area contributed by atoms with Crippen LogP contribution >= 0.6 is 0 Å². The molecule has 1 heterocycles. The second-order valence-electron chi connectivity index (χ2n) is 5.61. The molecule has 1 atom stereocenters. The van der Waals surface area contributed by atoms with Gasteiger partial charge in [0.2, 0.25) is 0 Å². The number of nitrogens with zero attached hydrogens (tertiary/aromatic N) is 1. The summed E-state index contributed by atoms with van der Waals surface area (Å²) in [5, 5.41) is 0. The van der Waals surface area contributed by atoms with Gasteiger partial charge in [-0.1, -0.05) is 13.0 Å². The normalized spacial score (nSPS) is 21.8. The number of halogens is 1. The third-order valence-corrected chi connectivity index (χ3v) is 4.78. The molecule has 2 N–H and O–H groups in total. The van der Waals surface area contributed by atoms with Gasteiger partial charge in [-0.15, -0.1) is 0 Å². The summed E-state index contributed by atoms with van der Waals surface area (Å²) in [7, 11) is 0. The number of rotatable bonds is 4. The van der Waals surface area contributed by atoms with Crippen molar-refractivity contribution in [2.24, 2.45) is 11.7 Å². The average Bonchev–Trinajstić information content (AvgIpc) is 3.14. The first-order chi connectivity index (χ1) is 8.71. The number of anilines is 1. The van der Waals surface area contributed by atoms with Crippen LogP contribution in [0.4, 0.5) is 10.1 Å². The van der Waals surface area contributed by atoms with Crippen molar-refractivity contribution in [2.45, 2.75) is 38.1 Å². The first-order valence-electron chi connectivity index (χ1n) is 6.97. The molecule has 0 amide bonds. The quantitative estimate of drug-likeness (QED) is 0.887. The lowest BCUT2D eigenvalue weighted by molar-refractivity contribution is 0.339. The lowest BCUT2D eigenvalue weighted by Crippen LogP contribution is -2.55. The van der Waals surface area contributed by atoms with Crippen LogP contribution in [0.1, 0.15) is 31.7 Å². The molecule has 18 heavy (non-hydrogen) atoms. The van der Waals surface area contributed by atoms with E-state index in [1.54, 1.807) is 12.1 Å². The van der Waals surface area contributed by atoms with Gasteiger partial charge in [-0.2, -0.15) is 0 Å². The van der Waals surface area contributed by atoms with Gasteiger partial charge in [0.25, 0.3) is 0 Å². The smallest absolute Gasteiger partial charge is 0.125 e. The van der Waals surface area contributed by atoms with Crippen molar-refractivity contribution in [1.82, 2.24) is 0 Å². The van der Waals surface area contributed by atoms with E-state index in [-0.39, 0.29) is 11.4 Å². The molecular weight excluding hydrogens is 227 g/mol. The fourth-order valence-electron chi connectivity index (χ4n) is 3.56. The van der Waals surface area contributed by atoms with E-state index in [2.05, 4.69) is 11.8 Å². The third kappa shape index (κ3) is 1.64. The van der Waals surface area contributed by atoms with E-state index in [1.807, 2.05) is 6.07 Å². The van der Waals surface area contributed by atoms with Crippen molar-refractivity contribution in [2.75, 3.05) is 18.0 Å². The molecule has 0 bridgehead atoms. The highest BCUT2D eigenvalue weighted by molar-refractivity contribution is 5.60. The molecule has 0 aromatic heterocycles. The van der Waals surface area contributed by atoms with E-state index in [0.717, 1.165) is 25.1 Å². The van der Waals surface area contributed by atoms with E-state index in [0.29, 0.717) is 12.5 Å². The Morgan fingerprint density at radius 3 is 2.83 bits per heavy atom. The van der Waals surface area contributed by atoms with Gasteiger partial charge in [-0.05, 0) is 49.3 Å². The van der Waals surface area contributed by atoms with Crippen LogP contribution in [-0.4, -0.2) is 18.6 Å². The highest BCUT2D eigenvalue weighted by atomic mass is 19.1. The second-order valence-corrected chi connectivity index (χ2v) is 5.61. The van der Waals surface area contributed by atoms with E-state index >= 15 is 0 Å². The summed E-state index contributed by atoms with van der Waals surface area (Å²) in [5.74, 6) is 0.556. The minimum absolute atomic E-state index is 0.0546. The van der Waals surface area contributed by atoms with Crippen LogP contribution in [0.25, 0.3) is 0 Å². The Labute approximate surface area is 108 Å². The van der Waals surface area contributed by atoms with Crippen molar-refractivity contribution in [3.05, 3.63) is 29.6 Å². The molecule has 1 aromatic carbocycles. The van der Waals surface area contributed by atoms with Crippen molar-refractivity contribution >= 4 is 5.69 Å². The summed E-state index contributed by atoms with van der Waals surface area (Å²) in [6, 6.07) is 5.18. The molecule has 0 radical (unpaired) electrons. The van der Waals surface area contributed by atoms with Crippen molar-refractivity contribution in [3.8, 4) is 0 Å². The summed E-state index contributed by atoms with van der Waals surface area (Å²) in [6.07, 6.45) is 4.60. The summed E-state index contributed by atoms with van der Waals surface area (Å²) in [6.45, 7) is 3.87. The highest BCUT2D eigenvalue weighted by Crippen LogP contribution is 2.48. The molecule has 1 aromatic rings. The summed E-state index contributed by atoms with van der Waals surface area (Å²) >= 11 is 0. The van der Waals surface area contributed by atoms with Gasteiger partial charge in [0.15, 0.2) is 0 Å². The van der Waals surface area contributed by atoms with E-state index < -0.39 is 0 Å². The molecule has 1 fully saturated rings. The monoisotopic (exact) mass is 248 g/mol. The van der Waals surface area contributed by atoms with Crippen molar-refractivity contribution in [3.63, 3.8) is 0 Å². The molecule has 3 heteroatoms. The van der Waals surface area contributed by atoms with Crippen LogP contribution in [0.2, 0.25) is 0 Å². The van der Waals surface area contributed by atoms with Crippen LogP contribution in [0.5, 0.6) is 0 Å². The molecule has 1 saturated carbocycles. The van der Waals surface area contributed by atoms with Crippen LogP contribution in [0.15, 0.2) is 18.2 Å². The Morgan fingerprint density at radius 2 is 2.22 bits per heavy atom. The zero-order valence-corrected chi connectivity index (χ0v) is 11.0. The van der Waals surface area contributed by atoms with Gasteiger partial charge in [-0.25, -0.2) is 4.39 Å². The largest absolute Gasteiger partial charge is 0.364 e. The molecule has 0 saturated heterocycles. The number of fused-ring (bicyclic) bond motifs is 1. The molecule has 1 unspecified atom stereocenters. The van der Waals surface area contributed by atoms with E-state index in [9.17, 15) is 4.39 Å². The maximum atomic E-state index is 13.5. The maximum Gasteiger partial charge on any atom is 0.125 e. The van der Waals surface area contributed by atoms with Crippen molar-refractivity contribution < 1.29 is 4.39 Å². The predicted octanol–water partition coefficient (Wildman–Crippen LogP) is 2.71. The second kappa shape index (κ2) is 4.23. The lowest BCUT2D eigenvalue weighted by Gasteiger charge is -2.43. The van der Waals surface area contributed by atoms with Crippen LogP contribution < -0.4 is 10.6 Å². The number of hydrogen-bond acceptors (Lipinski definition) is 2. The Morgan fingerprint density at radius 1 is 1.44 bits per heavy atom.